The molecule has 2 aromatic carbocycles. The topological polar surface area (TPSA) is 60.7 Å². The van der Waals surface area contributed by atoms with Crippen LogP contribution in [0.4, 0.5) is 0 Å². The molecule has 3 rings (SSSR count). The minimum atomic E-state index is -0.445. The zero-order valence-corrected chi connectivity index (χ0v) is 18.2. The van der Waals surface area contributed by atoms with Crippen LogP contribution in [0.15, 0.2) is 41.4 Å². The molecule has 0 saturated heterocycles. The lowest BCUT2D eigenvalue weighted by Gasteiger charge is -2.05. The van der Waals surface area contributed by atoms with Gasteiger partial charge in [-0.3, -0.25) is 4.79 Å². The third kappa shape index (κ3) is 4.43. The molecule has 0 unspecified atom stereocenters. The maximum absolute atomic E-state index is 12.7. The van der Waals surface area contributed by atoms with Crippen LogP contribution >= 0.6 is 46.3 Å². The quantitative estimate of drug-likeness (QED) is 0.514. The molecule has 0 aliphatic carbocycles. The summed E-state index contributed by atoms with van der Waals surface area (Å²) in [6, 6.07) is 9.98. The molecule has 0 aliphatic rings. The van der Waals surface area contributed by atoms with Crippen LogP contribution in [0.2, 0.25) is 10.0 Å². The van der Waals surface area contributed by atoms with Crippen LogP contribution in [0, 0.1) is 0 Å². The third-order valence-electron chi connectivity index (χ3n) is 3.98. The van der Waals surface area contributed by atoms with Crippen molar-refractivity contribution in [2.45, 2.75) is 6.54 Å². The van der Waals surface area contributed by atoms with Crippen molar-refractivity contribution >= 4 is 68.4 Å². The van der Waals surface area contributed by atoms with E-state index in [4.69, 9.17) is 27.9 Å². The molecule has 0 bridgehead atoms. The summed E-state index contributed by atoms with van der Waals surface area (Å²) in [4.78, 5) is 29.3. The highest BCUT2D eigenvalue weighted by Crippen LogP contribution is 2.23. The zero-order valence-electron chi connectivity index (χ0n) is 15.1. The Bertz CT molecular complexity index is 1120. The highest BCUT2D eigenvalue weighted by atomic mass is 35.5. The predicted molar refractivity (Wildman–Crippen MR) is 116 cm³/mol. The fourth-order valence-corrected chi connectivity index (χ4v) is 4.56. The fourth-order valence-electron chi connectivity index (χ4n) is 2.61. The van der Waals surface area contributed by atoms with Gasteiger partial charge < -0.3 is 9.30 Å². The van der Waals surface area contributed by atoms with Crippen molar-refractivity contribution < 1.29 is 14.3 Å². The smallest absolute Gasteiger partial charge is 0.337 e. The van der Waals surface area contributed by atoms with Gasteiger partial charge >= 0.3 is 5.97 Å². The van der Waals surface area contributed by atoms with E-state index in [0.717, 1.165) is 16.0 Å². The number of aryl methyl sites for hydroxylation is 1. The van der Waals surface area contributed by atoms with Crippen LogP contribution in [0.3, 0.4) is 0 Å². The van der Waals surface area contributed by atoms with Crippen LogP contribution < -0.4 is 4.80 Å². The van der Waals surface area contributed by atoms with Gasteiger partial charge in [0.05, 0.1) is 33.5 Å². The molecule has 146 valence electrons. The number of rotatable bonds is 5. The van der Waals surface area contributed by atoms with Gasteiger partial charge in [0, 0.05) is 17.3 Å². The maximum atomic E-state index is 12.7. The summed E-state index contributed by atoms with van der Waals surface area (Å²) in [5.41, 5.74) is 1.64. The number of aromatic nitrogens is 1. The molecule has 0 spiro atoms. The van der Waals surface area contributed by atoms with Gasteiger partial charge in [-0.1, -0.05) is 34.5 Å². The molecule has 0 N–H and O–H groups in total. The molecule has 0 atom stereocenters. The highest BCUT2D eigenvalue weighted by Gasteiger charge is 2.14. The first-order valence-electron chi connectivity index (χ1n) is 8.19. The van der Waals surface area contributed by atoms with E-state index < -0.39 is 11.9 Å². The van der Waals surface area contributed by atoms with Crippen molar-refractivity contribution in [2.24, 2.45) is 4.99 Å². The molecule has 0 radical (unpaired) electrons. The standard InChI is InChI=1S/C19H16Cl2N2O3S2/c1-26-18(25)11-3-6-15-16(9-11)28-19(23(15)7-8-27-2)22-17(24)13-5-4-12(20)10-14(13)21/h3-6,9-10H,7-8H2,1-2H3. The van der Waals surface area contributed by atoms with Crippen LogP contribution in [0.5, 0.6) is 0 Å². The Morgan fingerprint density at radius 1 is 1.21 bits per heavy atom. The number of carbonyl (C=O) groups excluding carboxylic acids is 2. The average molecular weight is 455 g/mol. The van der Waals surface area contributed by atoms with Crippen LogP contribution in [-0.2, 0) is 11.3 Å². The zero-order chi connectivity index (χ0) is 20.3. The summed E-state index contributed by atoms with van der Waals surface area (Å²) in [5, 5.41) is 0.708. The van der Waals surface area contributed by atoms with Crippen LogP contribution in [0.1, 0.15) is 20.7 Å². The summed E-state index contributed by atoms with van der Waals surface area (Å²) in [6.45, 7) is 0.680. The summed E-state index contributed by atoms with van der Waals surface area (Å²) < 4.78 is 7.60. The van der Waals surface area contributed by atoms with E-state index in [9.17, 15) is 9.59 Å². The Morgan fingerprint density at radius 2 is 2.00 bits per heavy atom. The first-order chi connectivity index (χ1) is 13.4. The number of halogens is 2. The van der Waals surface area contributed by atoms with E-state index in [1.165, 1.54) is 24.5 Å². The highest BCUT2D eigenvalue weighted by molar-refractivity contribution is 7.98. The van der Waals surface area contributed by atoms with Crippen molar-refractivity contribution in [3.05, 3.63) is 62.4 Å². The minimum Gasteiger partial charge on any atom is -0.465 e. The molecular formula is C19H16Cl2N2O3S2. The van der Waals surface area contributed by atoms with Crippen molar-refractivity contribution in [1.29, 1.82) is 0 Å². The Hall–Kier alpha value is -1.80. The number of thioether (sulfide) groups is 1. The molecule has 1 aromatic heterocycles. The van der Waals surface area contributed by atoms with Crippen LogP contribution in [0.25, 0.3) is 10.2 Å². The minimum absolute atomic E-state index is 0.256. The monoisotopic (exact) mass is 454 g/mol. The third-order valence-corrected chi connectivity index (χ3v) is 6.16. The largest absolute Gasteiger partial charge is 0.465 e. The second-order valence-electron chi connectivity index (χ2n) is 5.74. The molecule has 0 aliphatic heterocycles. The van der Waals surface area contributed by atoms with Gasteiger partial charge in [-0.05, 0) is 42.7 Å². The van der Waals surface area contributed by atoms with Crippen molar-refractivity contribution in [3.63, 3.8) is 0 Å². The van der Waals surface area contributed by atoms with E-state index in [1.54, 1.807) is 36.0 Å². The SMILES string of the molecule is COC(=O)c1ccc2c(c1)sc(=NC(=O)c1ccc(Cl)cc1Cl)n2CCSC. The van der Waals surface area contributed by atoms with E-state index in [-0.39, 0.29) is 10.6 Å². The number of hydrogen-bond acceptors (Lipinski definition) is 5. The normalized spacial score (nSPS) is 11.8. The number of esters is 1. The molecular weight excluding hydrogens is 439 g/mol. The average Bonchev–Trinajstić information content (AvgIpc) is 3.01. The van der Waals surface area contributed by atoms with Crippen LogP contribution in [-0.4, -0.2) is 35.6 Å². The number of thiazole rings is 1. The molecule has 5 nitrogen and oxygen atoms in total. The fraction of sp³-hybridized carbons (Fsp3) is 0.211. The van der Waals surface area contributed by atoms with E-state index in [0.29, 0.717) is 21.9 Å². The van der Waals surface area contributed by atoms with Crippen molar-refractivity contribution in [1.82, 2.24) is 4.57 Å². The second kappa shape index (κ2) is 9.13. The van der Waals surface area contributed by atoms with E-state index in [2.05, 4.69) is 4.99 Å². The lowest BCUT2D eigenvalue weighted by atomic mass is 10.2. The summed E-state index contributed by atoms with van der Waals surface area (Å²) >= 11 is 15.1. The molecule has 1 heterocycles. The number of hydrogen-bond donors (Lipinski definition) is 0. The Balaban J connectivity index is 2.13. The van der Waals surface area contributed by atoms with Gasteiger partial charge in [0.15, 0.2) is 4.80 Å². The van der Waals surface area contributed by atoms with Crippen molar-refractivity contribution in [3.8, 4) is 0 Å². The number of amides is 1. The van der Waals surface area contributed by atoms with Gasteiger partial charge in [-0.15, -0.1) is 0 Å². The molecule has 1 amide bonds. The number of methoxy groups -OCH3 is 1. The van der Waals surface area contributed by atoms with E-state index >= 15 is 0 Å². The second-order valence-corrected chi connectivity index (χ2v) is 8.58. The van der Waals surface area contributed by atoms with Gasteiger partial charge in [-0.25, -0.2) is 4.79 Å². The van der Waals surface area contributed by atoms with Gasteiger partial charge in [0.2, 0.25) is 0 Å². The van der Waals surface area contributed by atoms with Gasteiger partial charge in [0.25, 0.3) is 5.91 Å². The number of benzene rings is 2. The first kappa shape index (κ1) is 20.9. The summed E-state index contributed by atoms with van der Waals surface area (Å²) in [5.74, 6) is 0.000929. The van der Waals surface area contributed by atoms with E-state index in [1.807, 2.05) is 16.9 Å². The summed E-state index contributed by atoms with van der Waals surface area (Å²) in [7, 11) is 1.34. The Kier molecular flexibility index (Phi) is 6.82. The van der Waals surface area contributed by atoms with Crippen molar-refractivity contribution in [2.75, 3.05) is 19.1 Å². The number of nitrogens with zero attached hydrogens (tertiary/aromatic N) is 2. The molecule has 0 saturated carbocycles. The molecule has 28 heavy (non-hydrogen) atoms. The first-order valence-corrected chi connectivity index (χ1v) is 11.2. The molecule has 9 heteroatoms. The number of ether oxygens (including phenoxy) is 1. The summed E-state index contributed by atoms with van der Waals surface area (Å²) in [6.07, 6.45) is 2.01. The lowest BCUT2D eigenvalue weighted by molar-refractivity contribution is 0.0601. The Labute approximate surface area is 179 Å². The lowest BCUT2D eigenvalue weighted by Crippen LogP contribution is -2.18. The number of carbonyl (C=O) groups is 2. The predicted octanol–water partition coefficient (Wildman–Crippen LogP) is 4.90. The molecule has 0 fully saturated rings. The molecule has 3 aromatic rings. The number of fused-ring (bicyclic) bond motifs is 1. The maximum Gasteiger partial charge on any atom is 0.337 e. The van der Waals surface area contributed by atoms with Gasteiger partial charge in [-0.2, -0.15) is 16.8 Å². The van der Waals surface area contributed by atoms with Gasteiger partial charge in [0.1, 0.15) is 0 Å². The Morgan fingerprint density at radius 3 is 2.68 bits per heavy atom.